The lowest BCUT2D eigenvalue weighted by Crippen LogP contribution is -2.43. The highest BCUT2D eigenvalue weighted by atomic mass is 28.4. The molecule has 0 unspecified atom stereocenters. The molecule has 0 aliphatic heterocycles. The number of Topliss-reactive ketones (excluding diaryl/α,β-unsaturated/α-hetero) is 1. The molecule has 1 rings (SSSR count). The van der Waals surface area contributed by atoms with E-state index in [1.165, 1.54) is 7.11 Å². The monoisotopic (exact) mass is 322 g/mol. The number of carbonyl (C=O) groups excluding carboxylic acids is 2. The van der Waals surface area contributed by atoms with E-state index in [0.29, 0.717) is 5.56 Å². The lowest BCUT2D eigenvalue weighted by Gasteiger charge is -2.36. The van der Waals surface area contributed by atoms with E-state index in [4.69, 9.17) is 4.43 Å². The van der Waals surface area contributed by atoms with Crippen molar-refractivity contribution in [3.63, 3.8) is 0 Å². The topological polar surface area (TPSA) is 52.6 Å². The Morgan fingerprint density at radius 2 is 1.77 bits per heavy atom. The molecule has 1 aromatic carbocycles. The molecule has 0 atom stereocenters. The van der Waals surface area contributed by atoms with Crippen LogP contribution in [0.3, 0.4) is 0 Å². The van der Waals surface area contributed by atoms with Gasteiger partial charge >= 0.3 is 5.97 Å². The van der Waals surface area contributed by atoms with E-state index < -0.39 is 8.32 Å². The van der Waals surface area contributed by atoms with Gasteiger partial charge in [-0.2, -0.15) is 0 Å². The van der Waals surface area contributed by atoms with E-state index in [-0.39, 0.29) is 29.6 Å². The van der Waals surface area contributed by atoms with Crippen LogP contribution in [0.1, 0.15) is 44.0 Å². The predicted molar refractivity (Wildman–Crippen MR) is 89.8 cm³/mol. The van der Waals surface area contributed by atoms with E-state index in [1.807, 2.05) is 12.1 Å². The van der Waals surface area contributed by atoms with Gasteiger partial charge in [0.25, 0.3) is 0 Å². The van der Waals surface area contributed by atoms with Gasteiger partial charge in [-0.25, -0.2) is 0 Å². The molecule has 0 amide bonds. The zero-order valence-electron chi connectivity index (χ0n) is 14.4. The molecule has 0 aliphatic rings. The molecule has 0 aliphatic carbocycles. The molecule has 22 heavy (non-hydrogen) atoms. The van der Waals surface area contributed by atoms with Gasteiger partial charge < -0.3 is 9.16 Å². The van der Waals surface area contributed by atoms with Gasteiger partial charge in [-0.3, -0.25) is 9.59 Å². The first kappa shape index (κ1) is 18.4. The maximum atomic E-state index is 12.1. The van der Waals surface area contributed by atoms with E-state index >= 15 is 0 Å². The Balaban J connectivity index is 2.82. The minimum absolute atomic E-state index is 0.0777. The molecule has 0 fully saturated rings. The van der Waals surface area contributed by atoms with E-state index in [2.05, 4.69) is 38.6 Å². The highest BCUT2D eigenvalue weighted by molar-refractivity contribution is 6.74. The molecule has 0 N–H and O–H groups in total. The number of hydrogen-bond acceptors (Lipinski definition) is 4. The Morgan fingerprint density at radius 3 is 2.32 bits per heavy atom. The Morgan fingerprint density at radius 1 is 1.14 bits per heavy atom. The quantitative estimate of drug-likeness (QED) is 0.447. The van der Waals surface area contributed by atoms with Crippen molar-refractivity contribution in [2.75, 3.05) is 7.11 Å². The molecule has 5 heteroatoms. The maximum absolute atomic E-state index is 12.1. The van der Waals surface area contributed by atoms with Gasteiger partial charge in [0.2, 0.25) is 8.32 Å². The van der Waals surface area contributed by atoms with E-state index in [9.17, 15) is 9.59 Å². The van der Waals surface area contributed by atoms with Gasteiger partial charge in [0.05, 0.1) is 13.5 Å². The van der Waals surface area contributed by atoms with Gasteiger partial charge in [0.15, 0.2) is 5.78 Å². The van der Waals surface area contributed by atoms with Gasteiger partial charge in [-0.1, -0.05) is 32.9 Å². The largest absolute Gasteiger partial charge is 0.543 e. The number of benzene rings is 1. The van der Waals surface area contributed by atoms with Crippen LogP contribution < -0.4 is 4.43 Å². The number of hydrogen-bond donors (Lipinski definition) is 0. The van der Waals surface area contributed by atoms with Crippen LogP contribution in [0.5, 0.6) is 5.75 Å². The van der Waals surface area contributed by atoms with Crippen molar-refractivity contribution < 1.29 is 18.8 Å². The van der Waals surface area contributed by atoms with Crippen LogP contribution in [0.15, 0.2) is 24.3 Å². The predicted octanol–water partition coefficient (Wildman–Crippen LogP) is 4.21. The molecule has 0 aromatic heterocycles. The molecule has 4 nitrogen and oxygen atoms in total. The van der Waals surface area contributed by atoms with Crippen LogP contribution in [-0.2, 0) is 9.53 Å². The van der Waals surface area contributed by atoms with Gasteiger partial charge in [0.1, 0.15) is 5.75 Å². The average Bonchev–Trinajstić information content (AvgIpc) is 2.42. The Hall–Kier alpha value is -1.62. The van der Waals surface area contributed by atoms with Gasteiger partial charge in [0, 0.05) is 12.0 Å². The lowest BCUT2D eigenvalue weighted by atomic mass is 10.1. The van der Waals surface area contributed by atoms with Gasteiger partial charge in [-0.05, 0) is 30.3 Å². The summed E-state index contributed by atoms with van der Waals surface area (Å²) in [7, 11) is -0.611. The van der Waals surface area contributed by atoms with E-state index in [0.717, 1.165) is 5.75 Å². The van der Waals surface area contributed by atoms with Crippen molar-refractivity contribution in [2.45, 2.75) is 51.7 Å². The SMILES string of the molecule is COC(=O)CCC(=O)c1cccc(O[Si](C)(C)C(C)(C)C)c1. The second kappa shape index (κ2) is 7.09. The molecule has 0 radical (unpaired) electrons. The first-order valence-corrected chi connectivity index (χ1v) is 10.4. The second-order valence-corrected chi connectivity index (χ2v) is 11.6. The van der Waals surface area contributed by atoms with Crippen LogP contribution in [0, 0.1) is 0 Å². The summed E-state index contributed by atoms with van der Waals surface area (Å²) in [5.41, 5.74) is 0.570. The van der Waals surface area contributed by atoms with Crippen LogP contribution in [0.25, 0.3) is 0 Å². The third-order valence-electron chi connectivity index (χ3n) is 4.12. The third kappa shape index (κ3) is 4.98. The zero-order valence-corrected chi connectivity index (χ0v) is 15.4. The molecule has 0 spiro atoms. The lowest BCUT2D eigenvalue weighted by molar-refractivity contribution is -0.140. The minimum Gasteiger partial charge on any atom is -0.543 e. The molecular formula is C17H26O4Si. The Bertz CT molecular complexity index is 544. The van der Waals surface area contributed by atoms with E-state index in [1.54, 1.807) is 12.1 Å². The summed E-state index contributed by atoms with van der Waals surface area (Å²) in [4.78, 5) is 23.2. The number of ketones is 1. The zero-order chi connectivity index (χ0) is 17.0. The molecule has 122 valence electrons. The van der Waals surface area contributed by atoms with Crippen molar-refractivity contribution >= 4 is 20.1 Å². The summed E-state index contributed by atoms with van der Waals surface area (Å²) >= 11 is 0. The smallest absolute Gasteiger partial charge is 0.305 e. The van der Waals surface area contributed by atoms with Crippen molar-refractivity contribution in [1.82, 2.24) is 0 Å². The fourth-order valence-electron chi connectivity index (χ4n) is 1.64. The van der Waals surface area contributed by atoms with Crippen molar-refractivity contribution in [2.24, 2.45) is 0 Å². The van der Waals surface area contributed by atoms with Crippen molar-refractivity contribution in [1.29, 1.82) is 0 Å². The standard InChI is InChI=1S/C17H26O4Si/c1-17(2,3)22(5,6)21-14-9-7-8-13(12-14)15(18)10-11-16(19)20-4/h7-9,12H,10-11H2,1-6H3. The number of carbonyl (C=O) groups is 2. The third-order valence-corrected chi connectivity index (χ3v) is 8.48. The number of methoxy groups -OCH3 is 1. The van der Waals surface area contributed by atoms with Crippen LogP contribution in [0.2, 0.25) is 18.1 Å². The Kier molecular flexibility index (Phi) is 5.94. The van der Waals surface area contributed by atoms with Crippen molar-refractivity contribution in [3.05, 3.63) is 29.8 Å². The maximum Gasteiger partial charge on any atom is 0.305 e. The van der Waals surface area contributed by atoms with Crippen LogP contribution in [-0.4, -0.2) is 27.2 Å². The normalized spacial score (nSPS) is 11.9. The average molecular weight is 322 g/mol. The summed E-state index contributed by atoms with van der Waals surface area (Å²) in [6.45, 7) is 10.8. The second-order valence-electron chi connectivity index (χ2n) is 6.89. The Labute approximate surface area is 134 Å². The van der Waals surface area contributed by atoms with Gasteiger partial charge in [-0.15, -0.1) is 0 Å². The molecule has 0 heterocycles. The van der Waals surface area contributed by atoms with Crippen LogP contribution in [0.4, 0.5) is 0 Å². The number of esters is 1. The summed E-state index contributed by atoms with van der Waals surface area (Å²) in [5, 5.41) is 0.0951. The molecular weight excluding hydrogens is 296 g/mol. The van der Waals surface area contributed by atoms with Crippen LogP contribution >= 0.6 is 0 Å². The highest BCUT2D eigenvalue weighted by Gasteiger charge is 2.39. The number of ether oxygens (including phenoxy) is 1. The summed E-state index contributed by atoms with van der Waals surface area (Å²) in [6.07, 6.45) is 0.249. The molecule has 0 saturated carbocycles. The summed E-state index contributed by atoms with van der Waals surface area (Å²) in [5.74, 6) is 0.267. The first-order chi connectivity index (χ1) is 10.1. The number of rotatable bonds is 6. The summed E-state index contributed by atoms with van der Waals surface area (Å²) < 4.78 is 10.8. The highest BCUT2D eigenvalue weighted by Crippen LogP contribution is 2.37. The van der Waals surface area contributed by atoms with Crippen molar-refractivity contribution in [3.8, 4) is 5.75 Å². The minimum atomic E-state index is -1.93. The molecule has 1 aromatic rings. The fourth-order valence-corrected chi connectivity index (χ4v) is 2.67. The molecule has 0 saturated heterocycles. The first-order valence-electron chi connectivity index (χ1n) is 7.46. The summed E-state index contributed by atoms with van der Waals surface area (Å²) in [6, 6.07) is 7.20. The molecule has 0 bridgehead atoms. The fraction of sp³-hybridized carbons (Fsp3) is 0.529.